The van der Waals surface area contributed by atoms with Gasteiger partial charge < -0.3 is 10.6 Å². The molecular formula is C16H21BrClN3. The van der Waals surface area contributed by atoms with Crippen molar-refractivity contribution < 1.29 is 0 Å². The molecule has 114 valence electrons. The number of aliphatic imine (C=N–C) groups is 1. The van der Waals surface area contributed by atoms with Crippen LogP contribution in [0.25, 0.3) is 0 Å². The molecule has 0 saturated heterocycles. The molecule has 1 aliphatic carbocycles. The molecule has 1 aromatic rings. The van der Waals surface area contributed by atoms with E-state index in [9.17, 15) is 0 Å². The molecule has 0 amide bonds. The zero-order chi connectivity index (χ0) is 15.2. The zero-order valence-electron chi connectivity index (χ0n) is 12.4. The molecule has 5 heteroatoms. The average Bonchev–Trinajstić information content (AvgIpc) is 2.77. The molecule has 1 aliphatic heterocycles. The van der Waals surface area contributed by atoms with Crippen LogP contribution in [0, 0.1) is 11.8 Å². The molecule has 1 fully saturated rings. The lowest BCUT2D eigenvalue weighted by Gasteiger charge is -2.49. The van der Waals surface area contributed by atoms with Gasteiger partial charge in [0, 0.05) is 10.2 Å². The number of nitrogens with zero attached hydrogens (tertiary/aromatic N) is 2. The molecule has 2 N–H and O–H groups in total. The summed E-state index contributed by atoms with van der Waals surface area (Å²) >= 11 is 9.64. The third-order valence-corrected chi connectivity index (χ3v) is 6.53. The van der Waals surface area contributed by atoms with Crippen LogP contribution in [-0.2, 0) is 0 Å². The minimum Gasteiger partial charge on any atom is -0.369 e. The molecular weight excluding hydrogens is 350 g/mol. The average molecular weight is 371 g/mol. The second-order valence-electron chi connectivity index (χ2n) is 6.37. The smallest absolute Gasteiger partial charge is 0.196 e. The van der Waals surface area contributed by atoms with Crippen LogP contribution >= 0.6 is 27.5 Å². The van der Waals surface area contributed by atoms with E-state index in [0.717, 1.165) is 23.1 Å². The Morgan fingerprint density at radius 3 is 2.90 bits per heavy atom. The minimum absolute atomic E-state index is 0.0228. The third-order valence-electron chi connectivity index (χ3n) is 5.32. The molecule has 1 saturated carbocycles. The monoisotopic (exact) mass is 369 g/mol. The van der Waals surface area contributed by atoms with Crippen molar-refractivity contribution in [3.05, 3.63) is 27.7 Å². The van der Waals surface area contributed by atoms with Gasteiger partial charge in [-0.25, -0.2) is 0 Å². The summed E-state index contributed by atoms with van der Waals surface area (Å²) in [5.41, 5.74) is 7.34. The molecule has 1 aromatic carbocycles. The maximum atomic E-state index is 6.24. The van der Waals surface area contributed by atoms with Crippen LogP contribution in [0.5, 0.6) is 0 Å². The first kappa shape index (κ1) is 15.2. The van der Waals surface area contributed by atoms with E-state index in [4.69, 9.17) is 17.3 Å². The van der Waals surface area contributed by atoms with Crippen LogP contribution < -0.4 is 10.6 Å². The normalized spacial score (nSPS) is 32.6. The predicted molar refractivity (Wildman–Crippen MR) is 93.0 cm³/mol. The number of rotatable bonds is 1. The van der Waals surface area contributed by atoms with Crippen LogP contribution in [0.4, 0.5) is 5.69 Å². The van der Waals surface area contributed by atoms with E-state index in [1.165, 1.54) is 12.8 Å². The first-order valence-corrected chi connectivity index (χ1v) is 8.68. The first-order chi connectivity index (χ1) is 9.95. The minimum atomic E-state index is 0.0228. The summed E-state index contributed by atoms with van der Waals surface area (Å²) in [6.07, 6.45) is 3.67. The van der Waals surface area contributed by atoms with Gasteiger partial charge in [-0.15, -0.1) is 0 Å². The molecule has 1 heterocycles. The van der Waals surface area contributed by atoms with Crippen LogP contribution in [0.3, 0.4) is 0 Å². The lowest BCUT2D eigenvalue weighted by atomic mass is 9.67. The Morgan fingerprint density at radius 1 is 1.43 bits per heavy atom. The van der Waals surface area contributed by atoms with E-state index >= 15 is 0 Å². The van der Waals surface area contributed by atoms with Gasteiger partial charge in [-0.2, -0.15) is 0 Å². The molecule has 2 aliphatic rings. The van der Waals surface area contributed by atoms with Crippen LogP contribution in [0.2, 0.25) is 5.02 Å². The number of hydrogen-bond donors (Lipinski definition) is 1. The second kappa shape index (κ2) is 5.47. The maximum Gasteiger partial charge on any atom is 0.196 e. The van der Waals surface area contributed by atoms with Crippen molar-refractivity contribution in [1.82, 2.24) is 0 Å². The van der Waals surface area contributed by atoms with Gasteiger partial charge in [-0.3, -0.25) is 4.99 Å². The Labute approximate surface area is 139 Å². The largest absolute Gasteiger partial charge is 0.369 e. The highest BCUT2D eigenvalue weighted by molar-refractivity contribution is 9.10. The fourth-order valence-corrected chi connectivity index (χ4v) is 4.36. The summed E-state index contributed by atoms with van der Waals surface area (Å²) in [6.45, 7) is 5.48. The SMILES string of the molecule is CC1CCCC2(CN=C(N)N2c2ccc(Cl)c(Br)c2)C1C. The van der Waals surface area contributed by atoms with Crippen molar-refractivity contribution in [3.8, 4) is 0 Å². The number of anilines is 1. The number of nitrogens with two attached hydrogens (primary N) is 1. The molecule has 3 atom stereocenters. The molecule has 0 radical (unpaired) electrons. The lowest BCUT2D eigenvalue weighted by Crippen LogP contribution is -2.58. The Bertz CT molecular complexity index is 589. The fraction of sp³-hybridized carbons (Fsp3) is 0.562. The quantitative estimate of drug-likeness (QED) is 0.794. The molecule has 3 nitrogen and oxygen atoms in total. The summed E-state index contributed by atoms with van der Waals surface area (Å²) in [7, 11) is 0. The fourth-order valence-electron chi connectivity index (χ4n) is 3.88. The summed E-state index contributed by atoms with van der Waals surface area (Å²) < 4.78 is 0.896. The second-order valence-corrected chi connectivity index (χ2v) is 7.63. The van der Waals surface area contributed by atoms with E-state index in [1.54, 1.807) is 0 Å². The van der Waals surface area contributed by atoms with E-state index in [-0.39, 0.29) is 5.54 Å². The van der Waals surface area contributed by atoms with Gasteiger partial charge in [0.1, 0.15) is 0 Å². The molecule has 21 heavy (non-hydrogen) atoms. The highest BCUT2D eigenvalue weighted by atomic mass is 79.9. The van der Waals surface area contributed by atoms with E-state index in [2.05, 4.69) is 39.7 Å². The number of benzene rings is 1. The summed E-state index contributed by atoms with van der Waals surface area (Å²) in [5.74, 6) is 1.88. The van der Waals surface area contributed by atoms with Crippen molar-refractivity contribution in [1.29, 1.82) is 0 Å². The summed E-state index contributed by atoms with van der Waals surface area (Å²) in [4.78, 5) is 6.82. The van der Waals surface area contributed by atoms with Crippen molar-refractivity contribution in [3.63, 3.8) is 0 Å². The van der Waals surface area contributed by atoms with Gasteiger partial charge in [-0.1, -0.05) is 38.3 Å². The Kier molecular flexibility index (Phi) is 3.95. The Balaban J connectivity index is 2.04. The summed E-state index contributed by atoms with van der Waals surface area (Å²) in [5, 5.41) is 0.715. The molecule has 1 spiro atoms. The number of hydrogen-bond acceptors (Lipinski definition) is 3. The van der Waals surface area contributed by atoms with Gasteiger partial charge in [0.15, 0.2) is 5.96 Å². The van der Waals surface area contributed by atoms with Crippen molar-refractivity contribution in [2.24, 2.45) is 22.6 Å². The number of halogens is 2. The van der Waals surface area contributed by atoms with Crippen LogP contribution in [0.15, 0.2) is 27.7 Å². The van der Waals surface area contributed by atoms with Crippen LogP contribution in [0.1, 0.15) is 33.1 Å². The Morgan fingerprint density at radius 2 is 2.19 bits per heavy atom. The number of guanidine groups is 1. The molecule has 0 aromatic heterocycles. The van der Waals surface area contributed by atoms with Gasteiger partial charge >= 0.3 is 0 Å². The van der Waals surface area contributed by atoms with Gasteiger partial charge in [0.2, 0.25) is 0 Å². The standard InChI is InChI=1S/C16H21BrClN3/c1-10-4-3-7-16(11(10)2)9-20-15(19)21(16)12-5-6-14(18)13(17)8-12/h5-6,8,10-11H,3-4,7,9H2,1-2H3,(H2,19,20). The van der Waals surface area contributed by atoms with Gasteiger partial charge in [0.05, 0.1) is 17.1 Å². The molecule has 3 unspecified atom stereocenters. The van der Waals surface area contributed by atoms with Crippen LogP contribution in [-0.4, -0.2) is 18.0 Å². The third kappa shape index (κ3) is 2.36. The highest BCUT2D eigenvalue weighted by Gasteiger charge is 2.50. The first-order valence-electron chi connectivity index (χ1n) is 7.51. The van der Waals surface area contributed by atoms with E-state index in [0.29, 0.717) is 22.8 Å². The molecule has 3 rings (SSSR count). The van der Waals surface area contributed by atoms with Crippen molar-refractivity contribution in [2.45, 2.75) is 38.6 Å². The van der Waals surface area contributed by atoms with E-state index < -0.39 is 0 Å². The van der Waals surface area contributed by atoms with Gasteiger partial charge in [0.25, 0.3) is 0 Å². The van der Waals surface area contributed by atoms with Crippen molar-refractivity contribution in [2.75, 3.05) is 11.4 Å². The highest BCUT2D eigenvalue weighted by Crippen LogP contribution is 2.46. The molecule has 0 bridgehead atoms. The Hall–Kier alpha value is -0.740. The zero-order valence-corrected chi connectivity index (χ0v) is 14.8. The maximum absolute atomic E-state index is 6.24. The summed E-state index contributed by atoms with van der Waals surface area (Å²) in [6, 6.07) is 6.00. The predicted octanol–water partition coefficient (Wildman–Crippen LogP) is 4.43. The topological polar surface area (TPSA) is 41.6 Å². The van der Waals surface area contributed by atoms with Gasteiger partial charge in [-0.05, 0) is 52.4 Å². The lowest BCUT2D eigenvalue weighted by molar-refractivity contribution is 0.159. The van der Waals surface area contributed by atoms with Crippen molar-refractivity contribution >= 4 is 39.2 Å². The van der Waals surface area contributed by atoms with E-state index in [1.807, 2.05) is 18.2 Å².